The molecule has 0 amide bonds. The molecule has 0 saturated carbocycles. The molecule has 0 saturated heterocycles. The molecule has 0 fully saturated rings. The number of hydrogen-bond acceptors (Lipinski definition) is 2. The van der Waals surface area contributed by atoms with E-state index in [1.54, 1.807) is 12.3 Å². The van der Waals surface area contributed by atoms with Crippen molar-refractivity contribution in [1.29, 1.82) is 0 Å². The van der Waals surface area contributed by atoms with Crippen molar-refractivity contribution in [2.45, 2.75) is 13.5 Å². The van der Waals surface area contributed by atoms with Crippen LogP contribution in [0.5, 0.6) is 0 Å². The Morgan fingerprint density at radius 1 is 1.73 bits per heavy atom. The molecule has 0 radical (unpaired) electrons. The van der Waals surface area contributed by atoms with E-state index in [2.05, 4.69) is 11.6 Å². The van der Waals surface area contributed by atoms with Gasteiger partial charge in [0.25, 0.3) is 0 Å². The molecular weight excluding hydrogens is 138 g/mol. The van der Waals surface area contributed by atoms with Crippen molar-refractivity contribution in [3.63, 3.8) is 0 Å². The Morgan fingerprint density at radius 3 is 3.00 bits per heavy atom. The zero-order valence-corrected chi connectivity index (χ0v) is 6.54. The highest BCUT2D eigenvalue weighted by atomic mass is 16.3. The molecule has 11 heavy (non-hydrogen) atoms. The molecule has 2 heteroatoms. The number of pyridine rings is 1. The summed E-state index contributed by atoms with van der Waals surface area (Å²) in [5, 5.41) is 8.90. The Labute approximate surface area is 66.2 Å². The average Bonchev–Trinajstić information content (AvgIpc) is 2.04. The molecule has 0 aliphatic heterocycles. The Hall–Kier alpha value is -1.15. The van der Waals surface area contributed by atoms with Crippen LogP contribution in [0.15, 0.2) is 18.8 Å². The minimum absolute atomic E-state index is 0.0463. The molecule has 1 rings (SSSR count). The third-order valence-corrected chi connectivity index (χ3v) is 1.55. The summed E-state index contributed by atoms with van der Waals surface area (Å²) in [6.45, 7) is 5.56. The molecule has 58 valence electrons. The van der Waals surface area contributed by atoms with Crippen molar-refractivity contribution in [3.8, 4) is 0 Å². The van der Waals surface area contributed by atoms with E-state index in [9.17, 15) is 0 Å². The number of aromatic nitrogens is 1. The van der Waals surface area contributed by atoms with Gasteiger partial charge in [-0.1, -0.05) is 12.7 Å². The fourth-order valence-corrected chi connectivity index (χ4v) is 0.948. The largest absolute Gasteiger partial charge is 0.392 e. The molecule has 1 heterocycles. The number of hydrogen-bond donors (Lipinski definition) is 1. The van der Waals surface area contributed by atoms with Crippen molar-refractivity contribution in [2.24, 2.45) is 0 Å². The van der Waals surface area contributed by atoms with Gasteiger partial charge >= 0.3 is 0 Å². The van der Waals surface area contributed by atoms with Crippen molar-refractivity contribution in [3.05, 3.63) is 35.7 Å². The highest BCUT2D eigenvalue weighted by Crippen LogP contribution is 2.09. The van der Waals surface area contributed by atoms with Crippen molar-refractivity contribution >= 4 is 6.08 Å². The second-order valence-electron chi connectivity index (χ2n) is 2.39. The SMILES string of the molecule is C=Cc1cnc(C)cc1CO. The molecule has 0 atom stereocenters. The molecule has 0 spiro atoms. The van der Waals surface area contributed by atoms with Crippen LogP contribution in [0.3, 0.4) is 0 Å². The van der Waals surface area contributed by atoms with Gasteiger partial charge in [-0.15, -0.1) is 0 Å². The quantitative estimate of drug-likeness (QED) is 0.691. The van der Waals surface area contributed by atoms with E-state index >= 15 is 0 Å². The standard InChI is InChI=1S/C9H11NO/c1-3-8-5-10-7(2)4-9(8)6-11/h3-5,11H,1,6H2,2H3. The van der Waals surface area contributed by atoms with Crippen LogP contribution in [-0.2, 0) is 6.61 Å². The Bertz CT molecular complexity index is 268. The molecule has 0 aliphatic rings. The van der Waals surface area contributed by atoms with Gasteiger partial charge in [0.15, 0.2) is 0 Å². The lowest BCUT2D eigenvalue weighted by atomic mass is 10.1. The molecule has 1 aromatic heterocycles. The van der Waals surface area contributed by atoms with Gasteiger partial charge < -0.3 is 5.11 Å². The topological polar surface area (TPSA) is 33.1 Å². The molecule has 0 unspecified atom stereocenters. The van der Waals surface area contributed by atoms with Gasteiger partial charge in [0, 0.05) is 11.9 Å². The van der Waals surface area contributed by atoms with Crippen molar-refractivity contribution < 1.29 is 5.11 Å². The number of aliphatic hydroxyl groups is 1. The van der Waals surface area contributed by atoms with Crippen LogP contribution in [0.2, 0.25) is 0 Å². The van der Waals surface area contributed by atoms with E-state index in [1.165, 1.54) is 0 Å². The maximum atomic E-state index is 8.90. The zero-order chi connectivity index (χ0) is 8.27. The minimum Gasteiger partial charge on any atom is -0.392 e. The monoisotopic (exact) mass is 149 g/mol. The predicted molar refractivity (Wildman–Crippen MR) is 45.0 cm³/mol. The number of aryl methyl sites for hydroxylation is 1. The fraction of sp³-hybridized carbons (Fsp3) is 0.222. The summed E-state index contributed by atoms with van der Waals surface area (Å²) in [6.07, 6.45) is 3.41. The summed E-state index contributed by atoms with van der Waals surface area (Å²) in [4.78, 5) is 4.08. The second kappa shape index (κ2) is 3.30. The lowest BCUT2D eigenvalue weighted by Gasteiger charge is -2.01. The first-order valence-corrected chi connectivity index (χ1v) is 3.46. The van der Waals surface area contributed by atoms with Crippen LogP contribution in [0.4, 0.5) is 0 Å². The fourth-order valence-electron chi connectivity index (χ4n) is 0.948. The molecular formula is C9H11NO. The van der Waals surface area contributed by atoms with Crippen LogP contribution in [0, 0.1) is 6.92 Å². The van der Waals surface area contributed by atoms with Gasteiger partial charge in [-0.3, -0.25) is 4.98 Å². The van der Waals surface area contributed by atoms with Gasteiger partial charge in [0.05, 0.1) is 6.61 Å². The lowest BCUT2D eigenvalue weighted by molar-refractivity contribution is 0.281. The minimum atomic E-state index is 0.0463. The summed E-state index contributed by atoms with van der Waals surface area (Å²) in [6, 6.07) is 1.86. The summed E-state index contributed by atoms with van der Waals surface area (Å²) in [5.41, 5.74) is 2.70. The summed E-state index contributed by atoms with van der Waals surface area (Å²) >= 11 is 0. The smallest absolute Gasteiger partial charge is 0.0688 e. The first-order valence-electron chi connectivity index (χ1n) is 3.46. The summed E-state index contributed by atoms with van der Waals surface area (Å²) in [5.74, 6) is 0. The number of nitrogens with zero attached hydrogens (tertiary/aromatic N) is 1. The van der Waals surface area contributed by atoms with Crippen LogP contribution in [0.1, 0.15) is 16.8 Å². The van der Waals surface area contributed by atoms with Gasteiger partial charge in [0.2, 0.25) is 0 Å². The molecule has 0 aromatic carbocycles. The van der Waals surface area contributed by atoms with Gasteiger partial charge in [-0.25, -0.2) is 0 Å². The molecule has 0 bridgehead atoms. The first kappa shape index (κ1) is 7.95. The second-order valence-corrected chi connectivity index (χ2v) is 2.39. The van der Waals surface area contributed by atoms with Crippen molar-refractivity contribution in [1.82, 2.24) is 4.98 Å². The van der Waals surface area contributed by atoms with E-state index in [0.717, 1.165) is 16.8 Å². The van der Waals surface area contributed by atoms with Crippen LogP contribution < -0.4 is 0 Å². The van der Waals surface area contributed by atoms with E-state index < -0.39 is 0 Å². The maximum Gasteiger partial charge on any atom is 0.0688 e. The third-order valence-electron chi connectivity index (χ3n) is 1.55. The van der Waals surface area contributed by atoms with E-state index in [1.807, 2.05) is 13.0 Å². The van der Waals surface area contributed by atoms with E-state index in [-0.39, 0.29) is 6.61 Å². The molecule has 1 N–H and O–H groups in total. The van der Waals surface area contributed by atoms with Gasteiger partial charge in [-0.2, -0.15) is 0 Å². The van der Waals surface area contributed by atoms with E-state index in [0.29, 0.717) is 0 Å². The highest BCUT2D eigenvalue weighted by molar-refractivity contribution is 5.50. The predicted octanol–water partition coefficient (Wildman–Crippen LogP) is 1.53. The van der Waals surface area contributed by atoms with Crippen LogP contribution in [0.25, 0.3) is 6.08 Å². The van der Waals surface area contributed by atoms with Gasteiger partial charge in [-0.05, 0) is 24.1 Å². The Morgan fingerprint density at radius 2 is 2.45 bits per heavy atom. The molecule has 2 nitrogen and oxygen atoms in total. The van der Waals surface area contributed by atoms with Gasteiger partial charge in [0.1, 0.15) is 0 Å². The number of aliphatic hydroxyl groups excluding tert-OH is 1. The molecule has 1 aromatic rings. The van der Waals surface area contributed by atoms with Crippen LogP contribution in [-0.4, -0.2) is 10.1 Å². The average molecular weight is 149 g/mol. The normalized spacial score (nSPS) is 9.64. The van der Waals surface area contributed by atoms with E-state index in [4.69, 9.17) is 5.11 Å². The maximum absolute atomic E-state index is 8.90. The zero-order valence-electron chi connectivity index (χ0n) is 6.54. The van der Waals surface area contributed by atoms with Crippen molar-refractivity contribution in [2.75, 3.05) is 0 Å². The Kier molecular flexibility index (Phi) is 2.39. The lowest BCUT2D eigenvalue weighted by Crippen LogP contribution is -1.91. The molecule has 0 aliphatic carbocycles. The first-order chi connectivity index (χ1) is 5.27. The number of rotatable bonds is 2. The third kappa shape index (κ3) is 1.65. The Balaban J connectivity index is 3.16. The highest BCUT2D eigenvalue weighted by Gasteiger charge is 1.97. The summed E-state index contributed by atoms with van der Waals surface area (Å²) in [7, 11) is 0. The summed E-state index contributed by atoms with van der Waals surface area (Å²) < 4.78 is 0. The van der Waals surface area contributed by atoms with Crippen LogP contribution >= 0.6 is 0 Å².